The second-order valence-electron chi connectivity index (χ2n) is 4.60. The largest absolute Gasteiger partial charge is 0.320 e. The Hall–Kier alpha value is -2.33. The number of nitrogens with zero attached hydrogens (tertiary/aromatic N) is 1. The van der Waals surface area contributed by atoms with E-state index in [1.807, 2.05) is 6.07 Å². The van der Waals surface area contributed by atoms with Gasteiger partial charge in [-0.1, -0.05) is 30.3 Å². The topological polar surface area (TPSA) is 38.9 Å². The molecule has 20 heavy (non-hydrogen) atoms. The zero-order valence-corrected chi connectivity index (χ0v) is 10.6. The van der Waals surface area contributed by atoms with E-state index in [1.165, 1.54) is 18.3 Å². The average molecular weight is 270 g/mol. The summed E-state index contributed by atoms with van der Waals surface area (Å²) in [6.07, 6.45) is 2.64. The van der Waals surface area contributed by atoms with Crippen molar-refractivity contribution in [1.29, 1.82) is 0 Å². The van der Waals surface area contributed by atoms with E-state index in [-0.39, 0.29) is 5.82 Å². The number of benzene rings is 2. The van der Waals surface area contributed by atoms with Crippen LogP contribution in [0.3, 0.4) is 0 Å². The number of pyridine rings is 1. The van der Waals surface area contributed by atoms with E-state index < -0.39 is 11.9 Å². The van der Waals surface area contributed by atoms with E-state index in [2.05, 4.69) is 4.98 Å². The molecule has 0 fully saturated rings. The van der Waals surface area contributed by atoms with Gasteiger partial charge in [-0.3, -0.25) is 4.98 Å². The van der Waals surface area contributed by atoms with Crippen LogP contribution in [0.2, 0.25) is 0 Å². The Labute approximate surface area is 114 Å². The molecule has 0 amide bonds. The lowest BCUT2D eigenvalue weighted by Crippen LogP contribution is -2.13. The summed E-state index contributed by atoms with van der Waals surface area (Å²) >= 11 is 0. The van der Waals surface area contributed by atoms with Gasteiger partial charge in [-0.15, -0.1) is 0 Å². The molecule has 0 bridgehead atoms. The minimum atomic E-state index is -0.552. The van der Waals surface area contributed by atoms with Gasteiger partial charge in [0.1, 0.15) is 11.6 Å². The zero-order chi connectivity index (χ0) is 14.1. The molecule has 0 spiro atoms. The lowest BCUT2D eigenvalue weighted by atomic mass is 9.95. The second kappa shape index (κ2) is 4.98. The first-order valence-corrected chi connectivity index (χ1v) is 6.20. The summed E-state index contributed by atoms with van der Waals surface area (Å²) in [6, 6.07) is 10.9. The minimum absolute atomic E-state index is 0.297. The Morgan fingerprint density at radius 2 is 1.70 bits per heavy atom. The normalized spacial score (nSPS) is 12.6. The highest BCUT2D eigenvalue weighted by atomic mass is 19.1. The molecule has 0 radical (unpaired) electrons. The van der Waals surface area contributed by atoms with Gasteiger partial charge in [-0.25, -0.2) is 8.78 Å². The third-order valence-corrected chi connectivity index (χ3v) is 3.32. The van der Waals surface area contributed by atoms with Crippen LogP contribution in [0.25, 0.3) is 10.8 Å². The van der Waals surface area contributed by atoms with Crippen molar-refractivity contribution in [3.63, 3.8) is 0 Å². The first-order chi connectivity index (χ1) is 9.66. The number of nitrogens with two attached hydrogens (primary N) is 1. The molecule has 1 aromatic heterocycles. The Bertz CT molecular complexity index is 771. The van der Waals surface area contributed by atoms with Crippen molar-refractivity contribution in [2.45, 2.75) is 6.04 Å². The van der Waals surface area contributed by atoms with Crippen LogP contribution >= 0.6 is 0 Å². The van der Waals surface area contributed by atoms with Crippen LogP contribution in [-0.2, 0) is 0 Å². The lowest BCUT2D eigenvalue weighted by Gasteiger charge is -2.15. The van der Waals surface area contributed by atoms with Gasteiger partial charge >= 0.3 is 0 Å². The molecule has 0 aliphatic carbocycles. The van der Waals surface area contributed by atoms with Gasteiger partial charge in [-0.05, 0) is 28.6 Å². The quantitative estimate of drug-likeness (QED) is 0.773. The third-order valence-electron chi connectivity index (χ3n) is 3.32. The predicted molar refractivity (Wildman–Crippen MR) is 74.1 cm³/mol. The molecule has 2 nitrogen and oxygen atoms in total. The number of halogens is 2. The Balaban J connectivity index is 2.17. The van der Waals surface area contributed by atoms with Gasteiger partial charge in [0.05, 0.1) is 12.2 Å². The van der Waals surface area contributed by atoms with E-state index >= 15 is 0 Å². The Morgan fingerprint density at radius 1 is 0.950 bits per heavy atom. The summed E-state index contributed by atoms with van der Waals surface area (Å²) in [4.78, 5) is 3.80. The van der Waals surface area contributed by atoms with Crippen molar-refractivity contribution in [3.05, 3.63) is 77.6 Å². The summed E-state index contributed by atoms with van der Waals surface area (Å²) in [5, 5.41) is 1.23. The van der Waals surface area contributed by atoms with Gasteiger partial charge in [0.25, 0.3) is 0 Å². The molecule has 3 aromatic rings. The maximum absolute atomic E-state index is 13.8. The van der Waals surface area contributed by atoms with Crippen LogP contribution in [0.5, 0.6) is 0 Å². The van der Waals surface area contributed by atoms with Crippen molar-refractivity contribution in [3.8, 4) is 0 Å². The molecule has 2 aromatic carbocycles. The van der Waals surface area contributed by atoms with Crippen molar-refractivity contribution >= 4 is 10.8 Å². The maximum Gasteiger partial charge on any atom is 0.141 e. The van der Waals surface area contributed by atoms with Gasteiger partial charge in [0.2, 0.25) is 0 Å². The summed E-state index contributed by atoms with van der Waals surface area (Å²) in [7, 11) is 0. The molecule has 0 aliphatic heterocycles. The van der Waals surface area contributed by atoms with Crippen molar-refractivity contribution < 1.29 is 8.78 Å². The molecule has 4 heteroatoms. The fraction of sp³-hybridized carbons (Fsp3) is 0.0625. The van der Waals surface area contributed by atoms with E-state index in [0.717, 1.165) is 17.1 Å². The summed E-state index contributed by atoms with van der Waals surface area (Å²) in [6.45, 7) is 0. The number of aromatic nitrogens is 1. The summed E-state index contributed by atoms with van der Waals surface area (Å²) < 4.78 is 27.0. The van der Waals surface area contributed by atoms with Gasteiger partial charge in [-0.2, -0.15) is 0 Å². The second-order valence-corrected chi connectivity index (χ2v) is 4.60. The molecule has 1 atom stereocenters. The number of rotatable bonds is 2. The van der Waals surface area contributed by atoms with E-state index in [9.17, 15) is 8.78 Å². The first-order valence-electron chi connectivity index (χ1n) is 6.20. The Morgan fingerprint density at radius 3 is 2.45 bits per heavy atom. The molecule has 0 aliphatic rings. The maximum atomic E-state index is 13.8. The van der Waals surface area contributed by atoms with Crippen LogP contribution < -0.4 is 5.73 Å². The number of hydrogen-bond acceptors (Lipinski definition) is 2. The first kappa shape index (κ1) is 12.7. The zero-order valence-electron chi connectivity index (χ0n) is 10.6. The third kappa shape index (κ3) is 2.14. The highest BCUT2D eigenvalue weighted by Crippen LogP contribution is 2.28. The highest BCUT2D eigenvalue weighted by Gasteiger charge is 2.14. The van der Waals surface area contributed by atoms with Crippen molar-refractivity contribution in [1.82, 2.24) is 4.98 Å². The van der Waals surface area contributed by atoms with Crippen LogP contribution in [-0.4, -0.2) is 4.98 Å². The highest BCUT2D eigenvalue weighted by molar-refractivity contribution is 5.87. The molecule has 2 N–H and O–H groups in total. The smallest absolute Gasteiger partial charge is 0.141 e. The van der Waals surface area contributed by atoms with Crippen LogP contribution in [0.1, 0.15) is 17.2 Å². The average Bonchev–Trinajstić information content (AvgIpc) is 2.47. The van der Waals surface area contributed by atoms with Gasteiger partial charge in [0.15, 0.2) is 0 Å². The van der Waals surface area contributed by atoms with Crippen molar-refractivity contribution in [2.75, 3.05) is 0 Å². The van der Waals surface area contributed by atoms with Gasteiger partial charge < -0.3 is 5.73 Å². The Kier molecular flexibility index (Phi) is 3.16. The summed E-state index contributed by atoms with van der Waals surface area (Å²) in [5.41, 5.74) is 7.47. The van der Waals surface area contributed by atoms with E-state index in [0.29, 0.717) is 10.9 Å². The van der Waals surface area contributed by atoms with Gasteiger partial charge in [0, 0.05) is 11.6 Å². The predicted octanol–water partition coefficient (Wildman–Crippen LogP) is 3.56. The summed E-state index contributed by atoms with van der Waals surface area (Å²) in [5.74, 6) is -0.738. The molecular weight excluding hydrogens is 258 g/mol. The van der Waals surface area contributed by atoms with Crippen LogP contribution in [0.4, 0.5) is 8.78 Å². The molecule has 1 unspecified atom stereocenters. The standard InChI is InChI=1S/C16H12F2N2/c17-11-7-10(8-20-9-11)16(19)14-5-6-15(18)13-4-2-1-3-12(13)14/h1-9,16H,19H2. The van der Waals surface area contributed by atoms with E-state index in [4.69, 9.17) is 5.73 Å². The fourth-order valence-electron chi connectivity index (χ4n) is 2.33. The molecule has 3 rings (SSSR count). The SMILES string of the molecule is NC(c1cncc(F)c1)c1ccc(F)c2ccccc12. The fourth-order valence-corrected chi connectivity index (χ4v) is 2.33. The molecule has 1 heterocycles. The molecule has 0 saturated heterocycles. The molecule has 100 valence electrons. The molecule has 0 saturated carbocycles. The number of hydrogen-bond donors (Lipinski definition) is 1. The molecular formula is C16H12F2N2. The lowest BCUT2D eigenvalue weighted by molar-refractivity contribution is 0.616. The van der Waals surface area contributed by atoms with Crippen LogP contribution in [0.15, 0.2) is 54.9 Å². The van der Waals surface area contributed by atoms with Crippen LogP contribution in [0, 0.1) is 11.6 Å². The van der Waals surface area contributed by atoms with Crippen molar-refractivity contribution in [2.24, 2.45) is 5.73 Å². The monoisotopic (exact) mass is 270 g/mol. The number of fused-ring (bicyclic) bond motifs is 1. The van der Waals surface area contributed by atoms with E-state index in [1.54, 1.807) is 24.3 Å². The minimum Gasteiger partial charge on any atom is -0.320 e.